The first-order valence-electron chi connectivity index (χ1n) is 6.55. The molecular formula is C15H18Cl2N2. The second-order valence-electron chi connectivity index (χ2n) is 4.81. The molecule has 1 aromatic heterocycles. The number of imidazole rings is 1. The minimum atomic E-state index is -0.401. The molecule has 0 radical (unpaired) electrons. The van der Waals surface area contributed by atoms with E-state index in [1.807, 2.05) is 35.0 Å². The molecular weight excluding hydrogens is 279 g/mol. The van der Waals surface area contributed by atoms with E-state index in [9.17, 15) is 0 Å². The Labute approximate surface area is 124 Å². The van der Waals surface area contributed by atoms with Crippen molar-refractivity contribution in [3.63, 3.8) is 0 Å². The first-order valence-corrected chi connectivity index (χ1v) is 7.30. The molecule has 0 fully saturated rings. The van der Waals surface area contributed by atoms with Gasteiger partial charge in [-0.3, -0.25) is 0 Å². The molecule has 0 saturated heterocycles. The van der Waals surface area contributed by atoms with Gasteiger partial charge in [0.25, 0.3) is 0 Å². The summed E-state index contributed by atoms with van der Waals surface area (Å²) in [6.45, 7) is 2.90. The van der Waals surface area contributed by atoms with Crippen LogP contribution in [0.25, 0.3) is 0 Å². The summed E-state index contributed by atoms with van der Waals surface area (Å²) in [5.41, 5.74) is 1.11. The van der Waals surface area contributed by atoms with Crippen molar-refractivity contribution < 1.29 is 0 Å². The summed E-state index contributed by atoms with van der Waals surface area (Å²) >= 11 is 12.8. The number of benzene rings is 1. The molecule has 1 aromatic carbocycles. The maximum atomic E-state index is 6.90. The van der Waals surface area contributed by atoms with Gasteiger partial charge < -0.3 is 4.57 Å². The van der Waals surface area contributed by atoms with Crippen molar-refractivity contribution in [2.24, 2.45) is 0 Å². The van der Waals surface area contributed by atoms with E-state index < -0.39 is 4.87 Å². The number of aromatic nitrogens is 2. The summed E-state index contributed by atoms with van der Waals surface area (Å²) in [5, 5.41) is 0.737. The summed E-state index contributed by atoms with van der Waals surface area (Å²) in [7, 11) is 0. The van der Waals surface area contributed by atoms with Crippen LogP contribution in [0, 0.1) is 0 Å². The number of hydrogen-bond donors (Lipinski definition) is 0. The maximum absolute atomic E-state index is 6.90. The van der Waals surface area contributed by atoms with Crippen molar-refractivity contribution in [1.29, 1.82) is 0 Å². The van der Waals surface area contributed by atoms with Crippen LogP contribution in [0.2, 0.25) is 5.02 Å². The smallest absolute Gasteiger partial charge is 0.0946 e. The Morgan fingerprint density at radius 2 is 2.00 bits per heavy atom. The average Bonchev–Trinajstić information content (AvgIpc) is 2.90. The van der Waals surface area contributed by atoms with E-state index in [1.165, 1.54) is 0 Å². The fourth-order valence-corrected chi connectivity index (χ4v) is 2.71. The van der Waals surface area contributed by atoms with Gasteiger partial charge in [0.1, 0.15) is 0 Å². The van der Waals surface area contributed by atoms with E-state index in [-0.39, 0.29) is 0 Å². The van der Waals surface area contributed by atoms with E-state index in [1.54, 1.807) is 12.5 Å². The van der Waals surface area contributed by atoms with Gasteiger partial charge in [-0.15, -0.1) is 11.6 Å². The molecule has 2 nitrogen and oxygen atoms in total. The molecule has 0 aliphatic carbocycles. The van der Waals surface area contributed by atoms with Crippen LogP contribution in [0.15, 0.2) is 43.0 Å². The van der Waals surface area contributed by atoms with E-state index in [0.29, 0.717) is 0 Å². The number of halogens is 2. The first-order chi connectivity index (χ1) is 9.14. The summed E-state index contributed by atoms with van der Waals surface area (Å²) in [4.78, 5) is 3.68. The lowest BCUT2D eigenvalue weighted by atomic mass is 9.92. The van der Waals surface area contributed by atoms with Crippen LogP contribution in [0.3, 0.4) is 0 Å². The van der Waals surface area contributed by atoms with Crippen molar-refractivity contribution >= 4 is 23.2 Å². The zero-order valence-corrected chi connectivity index (χ0v) is 12.5. The quantitative estimate of drug-likeness (QED) is 0.696. The van der Waals surface area contributed by atoms with Crippen LogP contribution in [0.5, 0.6) is 0 Å². The Kier molecular flexibility index (Phi) is 4.89. The molecule has 19 heavy (non-hydrogen) atoms. The number of hydrogen-bond acceptors (Lipinski definition) is 1. The number of unbranched alkanes of at least 4 members (excludes halogenated alkanes) is 1. The summed E-state index contributed by atoms with van der Waals surface area (Å²) in [6, 6.07) is 7.82. The van der Waals surface area contributed by atoms with Crippen LogP contribution in [0.1, 0.15) is 31.7 Å². The van der Waals surface area contributed by atoms with Crippen molar-refractivity contribution in [3.8, 4) is 0 Å². The minimum Gasteiger partial charge on any atom is -0.335 e. The molecule has 0 saturated carbocycles. The molecule has 0 bridgehead atoms. The lowest BCUT2D eigenvalue weighted by Gasteiger charge is -2.28. The van der Waals surface area contributed by atoms with Gasteiger partial charge in [-0.25, -0.2) is 4.98 Å². The molecule has 4 heteroatoms. The second kappa shape index (κ2) is 6.44. The molecule has 2 aromatic rings. The van der Waals surface area contributed by atoms with Crippen LogP contribution in [0.4, 0.5) is 0 Å². The molecule has 1 atom stereocenters. The van der Waals surface area contributed by atoms with E-state index in [2.05, 4.69) is 11.9 Å². The third kappa shape index (κ3) is 3.74. The van der Waals surface area contributed by atoms with Gasteiger partial charge in [-0.2, -0.15) is 0 Å². The predicted molar refractivity (Wildman–Crippen MR) is 80.7 cm³/mol. The van der Waals surface area contributed by atoms with E-state index in [0.717, 1.165) is 36.4 Å². The molecule has 1 unspecified atom stereocenters. The van der Waals surface area contributed by atoms with Crippen molar-refractivity contribution in [2.45, 2.75) is 37.6 Å². The lowest BCUT2D eigenvalue weighted by molar-refractivity contribution is 0.451. The third-order valence-corrected chi connectivity index (χ3v) is 4.06. The first kappa shape index (κ1) is 14.4. The van der Waals surface area contributed by atoms with Crippen LogP contribution < -0.4 is 0 Å². The van der Waals surface area contributed by atoms with E-state index >= 15 is 0 Å². The van der Waals surface area contributed by atoms with Crippen LogP contribution in [-0.4, -0.2) is 9.55 Å². The monoisotopic (exact) mass is 296 g/mol. The van der Waals surface area contributed by atoms with Gasteiger partial charge in [-0.1, -0.05) is 43.5 Å². The second-order valence-corrected chi connectivity index (χ2v) is 5.97. The number of rotatable bonds is 6. The number of alkyl halides is 1. The van der Waals surface area contributed by atoms with Gasteiger partial charge in [0.15, 0.2) is 0 Å². The zero-order chi connectivity index (χ0) is 13.7. The summed E-state index contributed by atoms with van der Waals surface area (Å²) in [5.74, 6) is 0. The topological polar surface area (TPSA) is 17.8 Å². The Bertz CT molecular complexity index is 493. The highest BCUT2D eigenvalue weighted by atomic mass is 35.5. The Balaban J connectivity index is 2.25. The predicted octanol–water partition coefficient (Wildman–Crippen LogP) is 4.86. The highest BCUT2D eigenvalue weighted by Crippen LogP contribution is 2.36. The Hall–Kier alpha value is -0.990. The Morgan fingerprint density at radius 3 is 2.58 bits per heavy atom. The van der Waals surface area contributed by atoms with Gasteiger partial charge in [0.05, 0.1) is 11.2 Å². The lowest BCUT2D eigenvalue weighted by Crippen LogP contribution is -2.25. The van der Waals surface area contributed by atoms with Gasteiger partial charge >= 0.3 is 0 Å². The fraction of sp³-hybridized carbons (Fsp3) is 0.400. The average molecular weight is 297 g/mol. The van der Waals surface area contributed by atoms with Crippen LogP contribution >= 0.6 is 23.2 Å². The molecule has 0 amide bonds. The van der Waals surface area contributed by atoms with Crippen LogP contribution in [-0.2, 0) is 11.4 Å². The van der Waals surface area contributed by atoms with Crippen molar-refractivity contribution in [1.82, 2.24) is 9.55 Å². The van der Waals surface area contributed by atoms with Crippen molar-refractivity contribution in [2.75, 3.05) is 0 Å². The third-order valence-electron chi connectivity index (χ3n) is 3.28. The Morgan fingerprint density at radius 1 is 1.26 bits per heavy atom. The summed E-state index contributed by atoms with van der Waals surface area (Å²) in [6.07, 6.45) is 8.69. The minimum absolute atomic E-state index is 0.401. The summed E-state index contributed by atoms with van der Waals surface area (Å²) < 4.78 is 2.03. The standard InChI is InChI=1S/C15H18Cl2N2/c1-2-3-8-15(17,11-19-10-9-18-12-19)13-4-6-14(16)7-5-13/h4-7,9-10,12H,2-3,8,11H2,1H3. The SMILES string of the molecule is CCCCC(Cl)(Cn1ccnc1)c1ccc(Cl)cc1. The maximum Gasteiger partial charge on any atom is 0.0946 e. The molecule has 0 aliphatic heterocycles. The zero-order valence-electron chi connectivity index (χ0n) is 11.0. The molecule has 102 valence electrons. The molecule has 0 spiro atoms. The highest BCUT2D eigenvalue weighted by molar-refractivity contribution is 6.30. The molecule has 0 aliphatic rings. The van der Waals surface area contributed by atoms with Gasteiger partial charge in [-0.05, 0) is 24.1 Å². The van der Waals surface area contributed by atoms with E-state index in [4.69, 9.17) is 23.2 Å². The number of nitrogens with zero attached hydrogens (tertiary/aromatic N) is 2. The molecule has 1 heterocycles. The largest absolute Gasteiger partial charge is 0.335 e. The molecule has 2 rings (SSSR count). The van der Waals surface area contributed by atoms with Gasteiger partial charge in [0.2, 0.25) is 0 Å². The molecule has 0 N–H and O–H groups in total. The van der Waals surface area contributed by atoms with Gasteiger partial charge in [0, 0.05) is 24.0 Å². The van der Waals surface area contributed by atoms with Crippen molar-refractivity contribution in [3.05, 3.63) is 53.6 Å². The fourth-order valence-electron chi connectivity index (χ4n) is 2.19. The normalized spacial score (nSPS) is 14.3. The highest BCUT2D eigenvalue weighted by Gasteiger charge is 2.29.